The van der Waals surface area contributed by atoms with Gasteiger partial charge in [0.25, 0.3) is 0 Å². The number of methoxy groups -OCH3 is 1. The summed E-state index contributed by atoms with van der Waals surface area (Å²) in [5, 5.41) is 6.10. The minimum Gasteiger partial charge on any atom is -0.496 e. The van der Waals surface area contributed by atoms with Gasteiger partial charge in [-0.2, -0.15) is 5.10 Å². The number of ether oxygens (including phenoxy) is 1. The second kappa shape index (κ2) is 8.02. The average molecular weight is 401 g/mol. The molecule has 1 N–H and O–H groups in total. The fourth-order valence-corrected chi connectivity index (χ4v) is 3.77. The van der Waals surface area contributed by atoms with E-state index in [-0.39, 0.29) is 11.9 Å². The van der Waals surface area contributed by atoms with Crippen LogP contribution in [0, 0.1) is 0 Å². The van der Waals surface area contributed by atoms with E-state index in [1.54, 1.807) is 38.3 Å². The van der Waals surface area contributed by atoms with Crippen molar-refractivity contribution in [3.63, 3.8) is 0 Å². The van der Waals surface area contributed by atoms with Crippen LogP contribution in [0.4, 0.5) is 5.69 Å². The number of anilines is 1. The van der Waals surface area contributed by atoms with Crippen molar-refractivity contribution < 1.29 is 17.9 Å². The molecular formula is C20H23N3O4S. The molecule has 0 saturated heterocycles. The maximum absolute atomic E-state index is 12.5. The number of carbonyl (C=O) groups is 1. The van der Waals surface area contributed by atoms with Crippen molar-refractivity contribution in [2.24, 2.45) is 5.10 Å². The van der Waals surface area contributed by atoms with E-state index in [2.05, 4.69) is 9.82 Å². The number of nitrogens with zero attached hydrogens (tertiary/aromatic N) is 2. The van der Waals surface area contributed by atoms with Gasteiger partial charge < -0.3 is 4.74 Å². The number of rotatable bonds is 6. The molecular weight excluding hydrogens is 378 g/mol. The molecule has 8 heteroatoms. The Morgan fingerprint density at radius 3 is 2.50 bits per heavy atom. The van der Waals surface area contributed by atoms with Gasteiger partial charge in [-0.05, 0) is 23.8 Å². The highest BCUT2D eigenvalue weighted by atomic mass is 32.2. The van der Waals surface area contributed by atoms with Gasteiger partial charge in [0.05, 0.1) is 25.1 Å². The van der Waals surface area contributed by atoms with Crippen LogP contribution in [0.15, 0.2) is 53.6 Å². The number of sulfonamides is 1. The summed E-state index contributed by atoms with van der Waals surface area (Å²) in [4.78, 5) is 12.5. The van der Waals surface area contributed by atoms with E-state index in [0.717, 1.165) is 23.1 Å². The Labute approximate surface area is 165 Å². The zero-order valence-corrected chi connectivity index (χ0v) is 16.9. The molecule has 1 aliphatic rings. The molecule has 0 radical (unpaired) electrons. The van der Waals surface area contributed by atoms with Crippen LogP contribution >= 0.6 is 0 Å². The highest BCUT2D eigenvalue weighted by Crippen LogP contribution is 2.37. The molecule has 0 fully saturated rings. The lowest BCUT2D eigenvalue weighted by atomic mass is 9.97. The number of hydrazone groups is 1. The Morgan fingerprint density at radius 1 is 1.21 bits per heavy atom. The van der Waals surface area contributed by atoms with E-state index >= 15 is 0 Å². The summed E-state index contributed by atoms with van der Waals surface area (Å²) >= 11 is 0. The zero-order valence-electron chi connectivity index (χ0n) is 16.0. The average Bonchev–Trinajstić information content (AvgIpc) is 3.12. The third-order valence-corrected chi connectivity index (χ3v) is 5.09. The van der Waals surface area contributed by atoms with E-state index in [1.807, 2.05) is 24.3 Å². The fourth-order valence-electron chi connectivity index (χ4n) is 3.21. The number of carbonyl (C=O) groups excluding carboxylic acids is 1. The van der Waals surface area contributed by atoms with Gasteiger partial charge in [0, 0.05) is 24.1 Å². The minimum atomic E-state index is -3.33. The molecule has 0 saturated carbocycles. The Balaban J connectivity index is 1.91. The van der Waals surface area contributed by atoms with E-state index < -0.39 is 10.0 Å². The number of benzene rings is 2. The lowest BCUT2D eigenvalue weighted by molar-refractivity contribution is -0.132. The van der Waals surface area contributed by atoms with E-state index in [0.29, 0.717) is 24.3 Å². The molecule has 1 heterocycles. The van der Waals surface area contributed by atoms with Gasteiger partial charge in [-0.25, -0.2) is 13.4 Å². The molecule has 1 amide bonds. The summed E-state index contributed by atoms with van der Waals surface area (Å²) < 4.78 is 30.6. The molecule has 7 nitrogen and oxygen atoms in total. The summed E-state index contributed by atoms with van der Waals surface area (Å²) in [7, 11) is -1.73. The normalized spacial score (nSPS) is 16.6. The van der Waals surface area contributed by atoms with Crippen molar-refractivity contribution in [1.82, 2.24) is 5.01 Å². The number of hydrogen-bond acceptors (Lipinski definition) is 5. The predicted octanol–water partition coefficient (Wildman–Crippen LogP) is 3.15. The van der Waals surface area contributed by atoms with Gasteiger partial charge in [0.2, 0.25) is 15.9 Å². The molecule has 1 aliphatic heterocycles. The van der Waals surface area contributed by atoms with Crippen LogP contribution in [0.2, 0.25) is 0 Å². The van der Waals surface area contributed by atoms with Gasteiger partial charge in [-0.15, -0.1) is 0 Å². The third kappa shape index (κ3) is 4.33. The number of hydrogen-bond donors (Lipinski definition) is 1. The highest BCUT2D eigenvalue weighted by Gasteiger charge is 2.33. The molecule has 0 spiro atoms. The van der Waals surface area contributed by atoms with Crippen molar-refractivity contribution in [3.05, 3.63) is 59.7 Å². The summed E-state index contributed by atoms with van der Waals surface area (Å²) in [6, 6.07) is 14.3. The van der Waals surface area contributed by atoms with E-state index in [1.165, 1.54) is 5.01 Å². The first kappa shape index (κ1) is 19.9. The quantitative estimate of drug-likeness (QED) is 0.805. The maximum atomic E-state index is 12.5. The molecule has 0 aromatic heterocycles. The lowest BCUT2D eigenvalue weighted by Gasteiger charge is -2.23. The first-order valence-electron chi connectivity index (χ1n) is 8.93. The van der Waals surface area contributed by atoms with Crippen LogP contribution in [0.25, 0.3) is 0 Å². The van der Waals surface area contributed by atoms with Crippen LogP contribution in [-0.4, -0.2) is 38.4 Å². The minimum absolute atomic E-state index is 0.0683. The molecule has 3 rings (SSSR count). The first-order valence-corrected chi connectivity index (χ1v) is 10.8. The largest absolute Gasteiger partial charge is 0.496 e. The Morgan fingerprint density at radius 2 is 1.89 bits per heavy atom. The summed E-state index contributed by atoms with van der Waals surface area (Å²) in [6.45, 7) is 1.81. The second-order valence-electron chi connectivity index (χ2n) is 6.55. The van der Waals surface area contributed by atoms with Gasteiger partial charge in [0.1, 0.15) is 5.75 Å². The van der Waals surface area contributed by atoms with Crippen molar-refractivity contribution >= 4 is 27.3 Å². The highest BCUT2D eigenvalue weighted by molar-refractivity contribution is 7.92. The molecule has 0 aliphatic carbocycles. The maximum Gasteiger partial charge on any atom is 0.242 e. The van der Waals surface area contributed by atoms with Crippen molar-refractivity contribution in [2.75, 3.05) is 18.1 Å². The summed E-state index contributed by atoms with van der Waals surface area (Å²) in [6.07, 6.45) is 2.00. The van der Waals surface area contributed by atoms with Crippen molar-refractivity contribution in [1.29, 1.82) is 0 Å². The van der Waals surface area contributed by atoms with Crippen LogP contribution in [0.5, 0.6) is 5.75 Å². The topological polar surface area (TPSA) is 88.1 Å². The SMILES string of the molecule is CCC(=O)N1N=C(c2ccc(NS(C)(=O)=O)cc2)C[C@@H]1c1ccccc1OC. The Kier molecular flexibility index (Phi) is 5.69. The Bertz CT molecular complexity index is 1000. The van der Waals surface area contributed by atoms with Gasteiger partial charge in [-0.1, -0.05) is 37.3 Å². The molecule has 0 unspecified atom stereocenters. The Hall–Kier alpha value is -2.87. The second-order valence-corrected chi connectivity index (χ2v) is 8.30. The van der Waals surface area contributed by atoms with Crippen LogP contribution in [0.1, 0.15) is 36.9 Å². The number of amides is 1. The van der Waals surface area contributed by atoms with Gasteiger partial charge in [0.15, 0.2) is 0 Å². The standard InChI is InChI=1S/C20H23N3O4S/c1-4-20(24)23-18(16-7-5-6-8-19(16)27-2)13-17(21-23)14-9-11-15(12-10-14)22-28(3,25)26/h5-12,18,22H,4,13H2,1-3H3/t18-/m1/s1. The van der Waals surface area contributed by atoms with E-state index in [4.69, 9.17) is 4.74 Å². The van der Waals surface area contributed by atoms with Crippen molar-refractivity contribution in [2.45, 2.75) is 25.8 Å². The van der Waals surface area contributed by atoms with Gasteiger partial charge >= 0.3 is 0 Å². The number of nitrogens with one attached hydrogen (secondary N) is 1. The first-order chi connectivity index (χ1) is 13.3. The fraction of sp³-hybridized carbons (Fsp3) is 0.300. The monoisotopic (exact) mass is 401 g/mol. The molecule has 28 heavy (non-hydrogen) atoms. The molecule has 0 bridgehead atoms. The zero-order chi connectivity index (χ0) is 20.3. The third-order valence-electron chi connectivity index (χ3n) is 4.49. The molecule has 2 aromatic rings. The van der Waals surface area contributed by atoms with Crippen LogP contribution in [0.3, 0.4) is 0 Å². The number of para-hydroxylation sites is 1. The predicted molar refractivity (Wildman–Crippen MR) is 109 cm³/mol. The smallest absolute Gasteiger partial charge is 0.242 e. The molecule has 2 aromatic carbocycles. The van der Waals surface area contributed by atoms with Gasteiger partial charge in [-0.3, -0.25) is 9.52 Å². The lowest BCUT2D eigenvalue weighted by Crippen LogP contribution is -2.26. The van der Waals surface area contributed by atoms with E-state index in [9.17, 15) is 13.2 Å². The van der Waals surface area contributed by atoms with Crippen LogP contribution < -0.4 is 9.46 Å². The summed E-state index contributed by atoms with van der Waals surface area (Å²) in [5.74, 6) is 0.645. The molecule has 1 atom stereocenters. The summed E-state index contributed by atoms with van der Waals surface area (Å²) in [5.41, 5.74) is 2.99. The molecule has 148 valence electrons. The van der Waals surface area contributed by atoms with Crippen LogP contribution in [-0.2, 0) is 14.8 Å². The van der Waals surface area contributed by atoms with Crippen molar-refractivity contribution in [3.8, 4) is 5.75 Å².